The minimum absolute atomic E-state index is 0.0399. The second-order valence-electron chi connectivity index (χ2n) is 13.6. The molecule has 3 aromatic carbocycles. The first-order valence-electron chi connectivity index (χ1n) is 15.2. The molecule has 40 heavy (non-hydrogen) atoms. The molecule has 4 heteroatoms. The van der Waals surface area contributed by atoms with Gasteiger partial charge in [-0.05, 0) is 76.3 Å². The van der Waals surface area contributed by atoms with Crippen LogP contribution in [0.4, 0.5) is 0 Å². The summed E-state index contributed by atoms with van der Waals surface area (Å²) in [6, 6.07) is 29.4. The number of benzene rings is 3. The molecule has 2 aliphatic heterocycles. The van der Waals surface area contributed by atoms with E-state index in [9.17, 15) is 0 Å². The fourth-order valence-electron chi connectivity index (χ4n) is 7.67. The molecule has 2 nitrogen and oxygen atoms in total. The van der Waals surface area contributed by atoms with Gasteiger partial charge in [-0.1, -0.05) is 106 Å². The van der Waals surface area contributed by atoms with Gasteiger partial charge in [0.25, 0.3) is 0 Å². The third-order valence-electron chi connectivity index (χ3n) is 10.0. The van der Waals surface area contributed by atoms with Crippen LogP contribution < -0.4 is 0 Å². The highest BCUT2D eigenvalue weighted by atomic mass is 32.1. The first kappa shape index (κ1) is 26.1. The van der Waals surface area contributed by atoms with Crippen LogP contribution in [-0.2, 0) is 5.41 Å². The van der Waals surface area contributed by atoms with Gasteiger partial charge >= 0.3 is 0 Å². The van der Waals surface area contributed by atoms with Gasteiger partial charge in [0.05, 0.1) is 24.0 Å². The maximum Gasteiger partial charge on any atom is 0.116 e. The molecule has 0 saturated carbocycles. The molecular formula is C36H40N2SSi. The van der Waals surface area contributed by atoms with Crippen LogP contribution in [-0.4, -0.2) is 18.0 Å². The topological polar surface area (TPSA) is 25.8 Å². The molecule has 0 atom stereocenters. The first-order chi connectivity index (χ1) is 19.3. The van der Waals surface area contributed by atoms with Gasteiger partial charge in [-0.25, -0.2) is 9.97 Å². The lowest BCUT2D eigenvalue weighted by molar-refractivity contribution is 0.596. The SMILES string of the molecule is Cc1c(-c2ccc(C3CC[Si]4(CCCC4)CC3)cc2)sc2c(-c3cc(C(C)(C)C)c4ccccc4c3)ncnc12. The summed E-state index contributed by atoms with van der Waals surface area (Å²) in [5, 5.41) is 2.59. The van der Waals surface area contributed by atoms with Gasteiger partial charge in [0, 0.05) is 10.4 Å². The number of hydrogen-bond donors (Lipinski definition) is 0. The second kappa shape index (κ2) is 9.92. The van der Waals surface area contributed by atoms with Crippen LogP contribution in [0, 0.1) is 6.92 Å². The zero-order chi connectivity index (χ0) is 27.5. The van der Waals surface area contributed by atoms with Gasteiger partial charge < -0.3 is 0 Å². The van der Waals surface area contributed by atoms with E-state index in [-0.39, 0.29) is 5.41 Å². The zero-order valence-electron chi connectivity index (χ0n) is 24.4. The molecule has 2 aliphatic rings. The number of hydrogen-bond acceptors (Lipinski definition) is 3. The average Bonchev–Trinajstić information content (AvgIpc) is 3.56. The molecule has 0 aliphatic carbocycles. The van der Waals surface area contributed by atoms with Crippen molar-refractivity contribution in [3.63, 3.8) is 0 Å². The first-order valence-corrected chi connectivity index (χ1v) is 18.8. The van der Waals surface area contributed by atoms with Crippen molar-refractivity contribution >= 4 is 40.4 Å². The molecule has 2 saturated heterocycles. The highest BCUT2D eigenvalue weighted by Crippen LogP contribution is 2.47. The molecule has 0 radical (unpaired) electrons. The summed E-state index contributed by atoms with van der Waals surface area (Å²) in [6.45, 7) is 9.13. The Hall–Kier alpha value is -2.82. The fraction of sp³-hybridized carbons (Fsp3) is 0.389. The van der Waals surface area contributed by atoms with E-state index in [2.05, 4.69) is 88.4 Å². The van der Waals surface area contributed by atoms with Crippen molar-refractivity contribution in [2.75, 3.05) is 0 Å². The summed E-state index contributed by atoms with van der Waals surface area (Å²) in [5.41, 5.74) is 8.83. The third-order valence-corrected chi connectivity index (χ3v) is 16.9. The number of rotatable bonds is 3. The highest BCUT2D eigenvalue weighted by molar-refractivity contribution is 7.23. The molecule has 1 spiro atoms. The van der Waals surface area contributed by atoms with Crippen LogP contribution in [0.2, 0.25) is 24.2 Å². The van der Waals surface area contributed by atoms with Crippen molar-refractivity contribution in [3.8, 4) is 21.7 Å². The normalized spacial score (nSPS) is 17.8. The van der Waals surface area contributed by atoms with Crippen LogP contribution in [0.15, 0.2) is 67.0 Å². The summed E-state index contributed by atoms with van der Waals surface area (Å²) in [4.78, 5) is 11.0. The molecule has 0 amide bonds. The lowest BCUT2D eigenvalue weighted by Gasteiger charge is -2.35. The van der Waals surface area contributed by atoms with Crippen molar-refractivity contribution in [2.24, 2.45) is 0 Å². The third kappa shape index (κ3) is 4.54. The van der Waals surface area contributed by atoms with Gasteiger partial charge in [0.2, 0.25) is 0 Å². The van der Waals surface area contributed by atoms with E-state index in [1.165, 1.54) is 68.3 Å². The minimum Gasteiger partial charge on any atom is -0.235 e. The van der Waals surface area contributed by atoms with Gasteiger partial charge in [0.15, 0.2) is 0 Å². The summed E-state index contributed by atoms with van der Waals surface area (Å²) in [5.74, 6) is 0.763. The Morgan fingerprint density at radius 1 is 0.825 bits per heavy atom. The van der Waals surface area contributed by atoms with Crippen molar-refractivity contribution in [3.05, 3.63) is 83.7 Å². The van der Waals surface area contributed by atoms with Crippen LogP contribution >= 0.6 is 11.3 Å². The average molecular weight is 561 g/mol. The van der Waals surface area contributed by atoms with Crippen molar-refractivity contribution < 1.29 is 0 Å². The van der Waals surface area contributed by atoms with E-state index < -0.39 is 8.07 Å². The van der Waals surface area contributed by atoms with E-state index in [1.807, 2.05) is 11.3 Å². The van der Waals surface area contributed by atoms with E-state index >= 15 is 0 Å². The Balaban J connectivity index is 1.24. The Kier molecular flexibility index (Phi) is 6.47. The second-order valence-corrected chi connectivity index (χ2v) is 19.6. The van der Waals surface area contributed by atoms with Crippen LogP contribution in [0.3, 0.4) is 0 Å². The highest BCUT2D eigenvalue weighted by Gasteiger charge is 2.39. The van der Waals surface area contributed by atoms with Crippen molar-refractivity contribution in [1.82, 2.24) is 9.97 Å². The number of nitrogens with zero attached hydrogens (tertiary/aromatic N) is 2. The van der Waals surface area contributed by atoms with Gasteiger partial charge in [-0.3, -0.25) is 0 Å². The van der Waals surface area contributed by atoms with Crippen molar-refractivity contribution in [2.45, 2.75) is 88.9 Å². The maximum absolute atomic E-state index is 4.86. The Labute approximate surface area is 243 Å². The monoisotopic (exact) mass is 560 g/mol. The largest absolute Gasteiger partial charge is 0.235 e. The maximum atomic E-state index is 4.86. The van der Waals surface area contributed by atoms with Crippen LogP contribution in [0.25, 0.3) is 42.7 Å². The summed E-state index contributed by atoms with van der Waals surface area (Å²) < 4.78 is 1.19. The van der Waals surface area contributed by atoms with Gasteiger partial charge in [0.1, 0.15) is 6.33 Å². The molecule has 0 bridgehead atoms. The smallest absolute Gasteiger partial charge is 0.116 e. The predicted octanol–water partition coefficient (Wildman–Crippen LogP) is 10.9. The minimum atomic E-state index is -0.858. The van der Waals surface area contributed by atoms with E-state index in [1.54, 1.807) is 36.1 Å². The number of fused-ring (bicyclic) bond motifs is 2. The van der Waals surface area contributed by atoms with Gasteiger partial charge in [-0.2, -0.15) is 0 Å². The molecule has 5 aromatic rings. The van der Waals surface area contributed by atoms with Crippen LogP contribution in [0.5, 0.6) is 0 Å². The van der Waals surface area contributed by atoms with Crippen molar-refractivity contribution in [1.29, 1.82) is 0 Å². The quantitative estimate of drug-likeness (QED) is 0.205. The Morgan fingerprint density at radius 2 is 1.55 bits per heavy atom. The lowest BCUT2D eigenvalue weighted by Crippen LogP contribution is -2.34. The molecule has 0 N–H and O–H groups in total. The summed E-state index contributed by atoms with van der Waals surface area (Å²) >= 11 is 1.85. The summed E-state index contributed by atoms with van der Waals surface area (Å²) in [7, 11) is -0.858. The molecule has 0 unspecified atom stereocenters. The molecular weight excluding hydrogens is 521 g/mol. The Morgan fingerprint density at radius 3 is 2.27 bits per heavy atom. The zero-order valence-corrected chi connectivity index (χ0v) is 26.2. The predicted molar refractivity (Wildman–Crippen MR) is 175 cm³/mol. The van der Waals surface area contributed by atoms with Gasteiger partial charge in [-0.15, -0.1) is 11.3 Å². The standard InChI is InChI=1S/C36H40N2SSi/c1-24-32-35(33(38-23-37-32)29-21-28-9-5-6-10-30(28)31(22-29)36(2,3)4)39-34(24)27-13-11-25(12-14-27)26-15-19-40(20-16-26)17-7-8-18-40/h5-6,9-14,21-23,26H,7-8,15-20H2,1-4H3. The van der Waals surface area contributed by atoms with Crippen LogP contribution in [0.1, 0.15) is 69.1 Å². The Bertz CT molecular complexity index is 1690. The molecule has 4 heterocycles. The molecule has 7 rings (SSSR count). The molecule has 204 valence electrons. The number of thiophene rings is 1. The molecule has 2 aromatic heterocycles. The lowest BCUT2D eigenvalue weighted by atomic mass is 9.82. The van der Waals surface area contributed by atoms with E-state index in [0.717, 1.165) is 17.1 Å². The number of aromatic nitrogens is 2. The van der Waals surface area contributed by atoms with E-state index in [0.29, 0.717) is 0 Å². The number of aryl methyl sites for hydroxylation is 1. The summed E-state index contributed by atoms with van der Waals surface area (Å²) in [6.07, 6.45) is 7.64. The fourth-order valence-corrected chi connectivity index (χ4v) is 14.4. The van der Waals surface area contributed by atoms with E-state index in [4.69, 9.17) is 9.97 Å². The molecule has 2 fully saturated rings.